The largest absolute Gasteiger partial charge is 0.490 e. The molecule has 0 atom stereocenters. The molecule has 1 N–H and O–H groups in total. The number of hydrogen-bond donors (Lipinski definition) is 1. The van der Waals surface area contributed by atoms with Crippen LogP contribution >= 0.6 is 0 Å². The second kappa shape index (κ2) is 6.56. The van der Waals surface area contributed by atoms with Crippen molar-refractivity contribution < 1.29 is 9.53 Å². The van der Waals surface area contributed by atoms with Crippen molar-refractivity contribution in [2.75, 3.05) is 13.7 Å². The van der Waals surface area contributed by atoms with Crippen molar-refractivity contribution >= 4 is 5.91 Å². The van der Waals surface area contributed by atoms with E-state index >= 15 is 0 Å². The van der Waals surface area contributed by atoms with Crippen molar-refractivity contribution in [2.45, 2.75) is 6.54 Å². The molecule has 0 aliphatic rings. The molecule has 1 aromatic heterocycles. The number of nitrogens with one attached hydrogen (secondary N) is 1. The lowest BCUT2D eigenvalue weighted by Gasteiger charge is -2.16. The fourth-order valence-corrected chi connectivity index (χ4v) is 1.75. The van der Waals surface area contributed by atoms with E-state index < -0.39 is 0 Å². The molecule has 5 nitrogen and oxygen atoms in total. The van der Waals surface area contributed by atoms with Gasteiger partial charge in [-0.1, -0.05) is 12.7 Å². The Bertz CT molecular complexity index is 561. The lowest BCUT2D eigenvalue weighted by Crippen LogP contribution is -2.26. The second-order valence-electron chi connectivity index (χ2n) is 4.32. The van der Waals surface area contributed by atoms with Gasteiger partial charge in [0.1, 0.15) is 18.2 Å². The molecule has 0 bridgehead atoms. The molecule has 0 saturated heterocycles. The maximum absolute atomic E-state index is 12.2. The standard InChI is InChI=1S/C15H17N3O2/c1-3-10-20-13-6-4-12(5-7-13)15(19)18(2)11-14-16-8-9-17-14/h3-9H,1,10-11H2,2H3,(H,16,17). The van der Waals surface area contributed by atoms with Crippen LogP contribution in [0.2, 0.25) is 0 Å². The zero-order valence-corrected chi connectivity index (χ0v) is 11.4. The normalized spacial score (nSPS) is 10.1. The number of carbonyl (C=O) groups excluding carboxylic acids is 1. The molecule has 5 heteroatoms. The number of imidazole rings is 1. The molecule has 0 fully saturated rings. The molecule has 1 amide bonds. The third-order valence-electron chi connectivity index (χ3n) is 2.76. The molecule has 0 unspecified atom stereocenters. The van der Waals surface area contributed by atoms with Gasteiger partial charge in [-0.25, -0.2) is 4.98 Å². The fourth-order valence-electron chi connectivity index (χ4n) is 1.75. The Morgan fingerprint density at radius 2 is 2.20 bits per heavy atom. The van der Waals surface area contributed by atoms with Gasteiger partial charge in [-0.2, -0.15) is 0 Å². The summed E-state index contributed by atoms with van der Waals surface area (Å²) in [6, 6.07) is 7.05. The third kappa shape index (κ3) is 3.47. The molecule has 2 aromatic rings. The van der Waals surface area contributed by atoms with Gasteiger partial charge >= 0.3 is 0 Å². The molecule has 104 valence electrons. The highest BCUT2D eigenvalue weighted by Crippen LogP contribution is 2.14. The van der Waals surface area contributed by atoms with Gasteiger partial charge in [-0.05, 0) is 24.3 Å². The van der Waals surface area contributed by atoms with E-state index in [9.17, 15) is 4.79 Å². The zero-order valence-electron chi connectivity index (χ0n) is 11.4. The van der Waals surface area contributed by atoms with Crippen LogP contribution in [0.4, 0.5) is 0 Å². The van der Waals surface area contributed by atoms with Gasteiger partial charge in [0.15, 0.2) is 0 Å². The molecular formula is C15H17N3O2. The molecule has 0 spiro atoms. The number of hydrogen-bond acceptors (Lipinski definition) is 3. The molecule has 1 heterocycles. The van der Waals surface area contributed by atoms with E-state index in [0.29, 0.717) is 18.7 Å². The molecule has 0 saturated carbocycles. The minimum Gasteiger partial charge on any atom is -0.490 e. The molecule has 0 radical (unpaired) electrons. The van der Waals surface area contributed by atoms with Crippen LogP contribution in [0.5, 0.6) is 5.75 Å². The van der Waals surface area contributed by atoms with E-state index in [1.54, 1.807) is 54.7 Å². The monoisotopic (exact) mass is 271 g/mol. The van der Waals surface area contributed by atoms with Crippen molar-refractivity contribution in [3.8, 4) is 5.75 Å². The van der Waals surface area contributed by atoms with Gasteiger partial charge in [0.05, 0.1) is 6.54 Å². The molecule has 20 heavy (non-hydrogen) atoms. The first-order valence-corrected chi connectivity index (χ1v) is 6.28. The van der Waals surface area contributed by atoms with E-state index in [4.69, 9.17) is 4.74 Å². The predicted octanol–water partition coefficient (Wildman–Crippen LogP) is 2.25. The Balaban J connectivity index is 1.99. The summed E-state index contributed by atoms with van der Waals surface area (Å²) in [5.74, 6) is 1.42. The number of aromatic amines is 1. The number of nitrogens with zero attached hydrogens (tertiary/aromatic N) is 2. The SMILES string of the molecule is C=CCOc1ccc(C(=O)N(C)Cc2ncc[nH]2)cc1. The number of rotatable bonds is 6. The van der Waals surface area contributed by atoms with Crippen LogP contribution in [0.15, 0.2) is 49.3 Å². The van der Waals surface area contributed by atoms with E-state index in [-0.39, 0.29) is 5.91 Å². The van der Waals surface area contributed by atoms with Crippen LogP contribution in [-0.4, -0.2) is 34.4 Å². The lowest BCUT2D eigenvalue weighted by molar-refractivity contribution is 0.0782. The van der Waals surface area contributed by atoms with Crippen LogP contribution in [0.3, 0.4) is 0 Å². The smallest absolute Gasteiger partial charge is 0.254 e. The maximum atomic E-state index is 12.2. The van der Waals surface area contributed by atoms with E-state index in [1.807, 2.05) is 0 Å². The number of ether oxygens (including phenoxy) is 1. The highest BCUT2D eigenvalue weighted by atomic mass is 16.5. The molecule has 1 aromatic carbocycles. The average Bonchev–Trinajstić information content (AvgIpc) is 2.97. The Kier molecular flexibility index (Phi) is 4.55. The third-order valence-corrected chi connectivity index (χ3v) is 2.76. The van der Waals surface area contributed by atoms with Crippen LogP contribution in [0, 0.1) is 0 Å². The number of carbonyl (C=O) groups is 1. The predicted molar refractivity (Wildman–Crippen MR) is 76.5 cm³/mol. The Morgan fingerprint density at radius 1 is 1.45 bits per heavy atom. The highest BCUT2D eigenvalue weighted by Gasteiger charge is 2.12. The van der Waals surface area contributed by atoms with E-state index in [2.05, 4.69) is 16.5 Å². The number of amides is 1. The summed E-state index contributed by atoms with van der Waals surface area (Å²) in [6.45, 7) is 4.48. The molecule has 0 aliphatic carbocycles. The first-order valence-electron chi connectivity index (χ1n) is 6.28. The summed E-state index contributed by atoms with van der Waals surface area (Å²) in [4.78, 5) is 20.9. The van der Waals surface area contributed by atoms with E-state index in [0.717, 1.165) is 11.6 Å². The van der Waals surface area contributed by atoms with E-state index in [1.165, 1.54) is 0 Å². The van der Waals surface area contributed by atoms with Crippen molar-refractivity contribution in [1.29, 1.82) is 0 Å². The Hall–Kier alpha value is -2.56. The summed E-state index contributed by atoms with van der Waals surface area (Å²) >= 11 is 0. The molecule has 2 rings (SSSR count). The van der Waals surface area contributed by atoms with Gasteiger partial charge in [0, 0.05) is 25.0 Å². The minimum absolute atomic E-state index is 0.0586. The van der Waals surface area contributed by atoms with Gasteiger partial charge in [0.2, 0.25) is 0 Å². The summed E-state index contributed by atoms with van der Waals surface area (Å²) in [7, 11) is 1.74. The average molecular weight is 271 g/mol. The zero-order chi connectivity index (χ0) is 14.4. The van der Waals surface area contributed by atoms with Crippen LogP contribution < -0.4 is 4.74 Å². The number of benzene rings is 1. The second-order valence-corrected chi connectivity index (χ2v) is 4.32. The highest BCUT2D eigenvalue weighted by molar-refractivity contribution is 5.94. The quantitative estimate of drug-likeness (QED) is 0.820. The Labute approximate surface area is 117 Å². The summed E-state index contributed by atoms with van der Waals surface area (Å²) in [5.41, 5.74) is 0.616. The summed E-state index contributed by atoms with van der Waals surface area (Å²) < 4.78 is 5.38. The van der Waals surface area contributed by atoms with Crippen molar-refractivity contribution in [1.82, 2.24) is 14.9 Å². The minimum atomic E-state index is -0.0586. The Morgan fingerprint density at radius 3 is 2.80 bits per heavy atom. The van der Waals surface area contributed by atoms with Gasteiger partial charge < -0.3 is 14.6 Å². The first kappa shape index (κ1) is 13.9. The number of H-pyrrole nitrogens is 1. The summed E-state index contributed by atoms with van der Waals surface area (Å²) in [5, 5.41) is 0. The molecular weight excluding hydrogens is 254 g/mol. The van der Waals surface area contributed by atoms with Crippen LogP contribution in [0.1, 0.15) is 16.2 Å². The lowest BCUT2D eigenvalue weighted by atomic mass is 10.2. The van der Waals surface area contributed by atoms with Crippen LogP contribution in [0.25, 0.3) is 0 Å². The number of aromatic nitrogens is 2. The van der Waals surface area contributed by atoms with Gasteiger partial charge in [0.25, 0.3) is 5.91 Å². The van der Waals surface area contributed by atoms with Crippen LogP contribution in [-0.2, 0) is 6.54 Å². The van der Waals surface area contributed by atoms with Crippen molar-refractivity contribution in [3.63, 3.8) is 0 Å². The topological polar surface area (TPSA) is 58.2 Å². The summed E-state index contributed by atoms with van der Waals surface area (Å²) in [6.07, 6.45) is 5.08. The van der Waals surface area contributed by atoms with Gasteiger partial charge in [-0.15, -0.1) is 0 Å². The maximum Gasteiger partial charge on any atom is 0.254 e. The fraction of sp³-hybridized carbons (Fsp3) is 0.200. The molecule has 0 aliphatic heterocycles. The van der Waals surface area contributed by atoms with Crippen molar-refractivity contribution in [2.24, 2.45) is 0 Å². The van der Waals surface area contributed by atoms with Crippen molar-refractivity contribution in [3.05, 3.63) is 60.7 Å². The van der Waals surface area contributed by atoms with Gasteiger partial charge in [-0.3, -0.25) is 4.79 Å². The first-order chi connectivity index (χ1) is 9.70.